The molecular formula is C12H13N5O. The second-order valence-electron chi connectivity index (χ2n) is 4.61. The molecule has 0 aliphatic heterocycles. The Morgan fingerprint density at radius 2 is 2.28 bits per heavy atom. The van der Waals surface area contributed by atoms with Crippen LogP contribution in [0.3, 0.4) is 0 Å². The Kier molecular flexibility index (Phi) is 2.43. The van der Waals surface area contributed by atoms with Crippen molar-refractivity contribution in [1.82, 2.24) is 25.0 Å². The van der Waals surface area contributed by atoms with E-state index in [1.165, 1.54) is 0 Å². The number of hydrogen-bond acceptors (Lipinski definition) is 5. The van der Waals surface area contributed by atoms with Gasteiger partial charge in [-0.25, -0.2) is 4.98 Å². The first-order valence-electron chi connectivity index (χ1n) is 5.87. The number of aryl methyl sites for hydroxylation is 2. The molecule has 6 nitrogen and oxygen atoms in total. The molecule has 1 aliphatic carbocycles. The van der Waals surface area contributed by atoms with Gasteiger partial charge in [0, 0.05) is 5.92 Å². The predicted molar refractivity (Wildman–Crippen MR) is 63.3 cm³/mol. The van der Waals surface area contributed by atoms with Crippen LogP contribution in [0.1, 0.15) is 29.6 Å². The fraction of sp³-hybridized carbons (Fsp3) is 0.417. The Bertz CT molecular complexity index is 606. The Labute approximate surface area is 104 Å². The summed E-state index contributed by atoms with van der Waals surface area (Å²) in [5.74, 6) is 2.57. The van der Waals surface area contributed by atoms with Crippen LogP contribution in [0.4, 0.5) is 0 Å². The fourth-order valence-electron chi connectivity index (χ4n) is 2.16. The number of carbonyl (C=O) groups is 1. The van der Waals surface area contributed by atoms with Crippen LogP contribution >= 0.6 is 0 Å². The summed E-state index contributed by atoms with van der Waals surface area (Å²) in [7, 11) is 0. The van der Waals surface area contributed by atoms with Crippen LogP contribution < -0.4 is 0 Å². The van der Waals surface area contributed by atoms with Gasteiger partial charge >= 0.3 is 0 Å². The van der Waals surface area contributed by atoms with E-state index in [1.807, 2.05) is 19.9 Å². The lowest BCUT2D eigenvalue weighted by Gasteiger charge is -2.03. The van der Waals surface area contributed by atoms with Gasteiger partial charge in [-0.05, 0) is 37.8 Å². The summed E-state index contributed by atoms with van der Waals surface area (Å²) in [4.78, 5) is 14.9. The number of aromatic nitrogens is 5. The Morgan fingerprint density at radius 3 is 2.89 bits per heavy atom. The quantitative estimate of drug-likeness (QED) is 0.751. The SMILES string of the molecule is Cc1nc(C)n(-c2cc(C3CC3C=O)cnn2)n1. The molecule has 0 N–H and O–H groups in total. The molecule has 0 saturated heterocycles. The van der Waals surface area contributed by atoms with Gasteiger partial charge < -0.3 is 4.79 Å². The van der Waals surface area contributed by atoms with E-state index in [0.29, 0.717) is 17.6 Å². The van der Waals surface area contributed by atoms with Gasteiger partial charge in [0.25, 0.3) is 0 Å². The van der Waals surface area contributed by atoms with E-state index >= 15 is 0 Å². The Hall–Kier alpha value is -2.11. The average Bonchev–Trinajstić information content (AvgIpc) is 3.08. The lowest BCUT2D eigenvalue weighted by molar-refractivity contribution is -0.108. The van der Waals surface area contributed by atoms with Crippen LogP contribution in [0, 0.1) is 19.8 Å². The van der Waals surface area contributed by atoms with Crippen molar-refractivity contribution in [3.63, 3.8) is 0 Å². The summed E-state index contributed by atoms with van der Waals surface area (Å²) < 4.78 is 1.67. The molecule has 0 aromatic carbocycles. The average molecular weight is 243 g/mol. The summed E-state index contributed by atoms with van der Waals surface area (Å²) in [6.07, 6.45) is 3.64. The molecule has 1 saturated carbocycles. The summed E-state index contributed by atoms with van der Waals surface area (Å²) >= 11 is 0. The maximum atomic E-state index is 10.7. The van der Waals surface area contributed by atoms with E-state index < -0.39 is 0 Å². The second-order valence-corrected chi connectivity index (χ2v) is 4.61. The highest BCUT2D eigenvalue weighted by molar-refractivity contribution is 5.61. The van der Waals surface area contributed by atoms with Crippen LogP contribution in [-0.2, 0) is 4.79 Å². The minimum atomic E-state index is 0.139. The third-order valence-corrected chi connectivity index (χ3v) is 3.20. The molecule has 92 valence electrons. The van der Waals surface area contributed by atoms with E-state index in [4.69, 9.17) is 0 Å². The van der Waals surface area contributed by atoms with Gasteiger partial charge in [-0.2, -0.15) is 9.78 Å². The molecule has 2 atom stereocenters. The zero-order valence-electron chi connectivity index (χ0n) is 10.2. The molecule has 0 bridgehead atoms. The molecule has 1 aliphatic rings. The smallest absolute Gasteiger partial charge is 0.178 e. The molecule has 0 radical (unpaired) electrons. The highest BCUT2D eigenvalue weighted by atomic mass is 16.1. The normalized spacial score (nSPS) is 21.9. The fourth-order valence-corrected chi connectivity index (χ4v) is 2.16. The lowest BCUT2D eigenvalue weighted by atomic mass is 10.2. The third-order valence-electron chi connectivity index (χ3n) is 3.20. The van der Waals surface area contributed by atoms with Crippen molar-refractivity contribution in [3.05, 3.63) is 29.5 Å². The molecule has 3 rings (SSSR count). The van der Waals surface area contributed by atoms with Crippen LogP contribution in [0.25, 0.3) is 5.82 Å². The minimum absolute atomic E-state index is 0.139. The van der Waals surface area contributed by atoms with Gasteiger partial charge in [0.2, 0.25) is 0 Å². The molecule has 1 fully saturated rings. The Balaban J connectivity index is 1.96. The molecule has 6 heteroatoms. The standard InChI is InChI=1S/C12H13N5O/c1-7-14-8(2)17(16-7)12-4-9(5-13-15-12)11-3-10(11)6-18/h4-6,10-11H,3H2,1-2H3. The zero-order chi connectivity index (χ0) is 12.7. The molecule has 2 heterocycles. The van der Waals surface area contributed by atoms with Crippen molar-refractivity contribution >= 4 is 6.29 Å². The predicted octanol–water partition coefficient (Wildman–Crippen LogP) is 0.977. The summed E-state index contributed by atoms with van der Waals surface area (Å²) in [6.45, 7) is 3.71. The number of carbonyl (C=O) groups excluding carboxylic acids is 1. The topological polar surface area (TPSA) is 73.6 Å². The maximum absolute atomic E-state index is 10.7. The zero-order valence-corrected chi connectivity index (χ0v) is 10.2. The third kappa shape index (κ3) is 1.79. The van der Waals surface area contributed by atoms with E-state index in [2.05, 4.69) is 20.3 Å². The van der Waals surface area contributed by atoms with E-state index in [1.54, 1.807) is 10.9 Å². The second kappa shape index (κ2) is 3.97. The molecule has 2 aromatic rings. The van der Waals surface area contributed by atoms with Crippen molar-refractivity contribution in [2.75, 3.05) is 0 Å². The first kappa shape index (κ1) is 11.0. The van der Waals surface area contributed by atoms with Gasteiger partial charge in [-0.3, -0.25) is 0 Å². The van der Waals surface area contributed by atoms with E-state index in [-0.39, 0.29) is 5.92 Å². The first-order chi connectivity index (χ1) is 8.69. The van der Waals surface area contributed by atoms with Crippen molar-refractivity contribution in [2.24, 2.45) is 5.92 Å². The molecular weight excluding hydrogens is 230 g/mol. The molecule has 0 amide bonds. The number of hydrogen-bond donors (Lipinski definition) is 0. The molecule has 2 unspecified atom stereocenters. The van der Waals surface area contributed by atoms with Crippen molar-refractivity contribution < 1.29 is 4.79 Å². The number of aldehydes is 1. The maximum Gasteiger partial charge on any atom is 0.178 e. The first-order valence-corrected chi connectivity index (χ1v) is 5.87. The summed E-state index contributed by atoms with van der Waals surface area (Å²) in [5.41, 5.74) is 1.05. The van der Waals surface area contributed by atoms with Crippen molar-refractivity contribution in [2.45, 2.75) is 26.2 Å². The van der Waals surface area contributed by atoms with Gasteiger partial charge in [-0.1, -0.05) is 0 Å². The minimum Gasteiger partial charge on any atom is -0.303 e. The largest absolute Gasteiger partial charge is 0.303 e. The highest BCUT2D eigenvalue weighted by Crippen LogP contribution is 2.45. The van der Waals surface area contributed by atoms with Gasteiger partial charge in [-0.15, -0.1) is 10.2 Å². The van der Waals surface area contributed by atoms with Crippen molar-refractivity contribution in [1.29, 1.82) is 0 Å². The monoisotopic (exact) mass is 243 g/mol. The van der Waals surface area contributed by atoms with Crippen LogP contribution in [0.2, 0.25) is 0 Å². The number of nitrogens with zero attached hydrogens (tertiary/aromatic N) is 5. The van der Waals surface area contributed by atoms with E-state index in [0.717, 1.165) is 24.1 Å². The van der Waals surface area contributed by atoms with Crippen LogP contribution in [0.15, 0.2) is 12.3 Å². The van der Waals surface area contributed by atoms with Gasteiger partial charge in [0.1, 0.15) is 17.9 Å². The Morgan fingerprint density at radius 1 is 1.44 bits per heavy atom. The van der Waals surface area contributed by atoms with Gasteiger partial charge in [0.15, 0.2) is 5.82 Å². The molecule has 18 heavy (non-hydrogen) atoms. The van der Waals surface area contributed by atoms with Crippen molar-refractivity contribution in [3.8, 4) is 5.82 Å². The van der Waals surface area contributed by atoms with Gasteiger partial charge in [0.05, 0.1) is 6.20 Å². The summed E-state index contributed by atoms with van der Waals surface area (Å²) in [5, 5.41) is 12.3. The summed E-state index contributed by atoms with van der Waals surface area (Å²) in [6, 6.07) is 1.93. The molecule has 2 aromatic heterocycles. The highest BCUT2D eigenvalue weighted by Gasteiger charge is 2.38. The van der Waals surface area contributed by atoms with E-state index in [9.17, 15) is 4.79 Å². The van der Waals surface area contributed by atoms with Crippen LogP contribution in [-0.4, -0.2) is 31.2 Å². The number of rotatable bonds is 3. The van der Waals surface area contributed by atoms with Crippen LogP contribution in [0.5, 0.6) is 0 Å². The lowest BCUT2D eigenvalue weighted by Crippen LogP contribution is -2.04. The molecule has 0 spiro atoms.